The number of benzene rings is 2. The van der Waals surface area contributed by atoms with Gasteiger partial charge in [-0.15, -0.1) is 0 Å². The summed E-state index contributed by atoms with van der Waals surface area (Å²) in [4.78, 5) is 25.0. The van der Waals surface area contributed by atoms with E-state index < -0.39 is 10.9 Å². The maximum absolute atomic E-state index is 12.8. The lowest BCUT2D eigenvalue weighted by atomic mass is 10.1. The monoisotopic (exact) mass is 384 g/mol. The van der Waals surface area contributed by atoms with Gasteiger partial charge in [-0.2, -0.15) is 0 Å². The Balaban J connectivity index is 1.84. The van der Waals surface area contributed by atoms with Crippen LogP contribution >= 0.6 is 11.8 Å². The number of anilines is 1. The zero-order chi connectivity index (χ0) is 19.4. The molecule has 0 saturated heterocycles. The van der Waals surface area contributed by atoms with E-state index in [-0.39, 0.29) is 5.91 Å². The minimum atomic E-state index is -0.498. The molecule has 0 bridgehead atoms. The van der Waals surface area contributed by atoms with Crippen LogP contribution in [0.5, 0.6) is 0 Å². The zero-order valence-corrected chi connectivity index (χ0v) is 16.3. The van der Waals surface area contributed by atoms with Crippen LogP contribution < -0.4 is 15.6 Å². The lowest BCUT2D eigenvalue weighted by Gasteiger charge is -2.14. The Labute approximate surface area is 161 Å². The van der Waals surface area contributed by atoms with Crippen molar-refractivity contribution < 1.29 is 14.0 Å². The number of aromatic amines is 1. The molecule has 0 aliphatic rings. The fourth-order valence-corrected chi connectivity index (χ4v) is 3.66. The number of rotatable bonds is 6. The smallest absolute Gasteiger partial charge is 0.325 e. The molecule has 6 nitrogen and oxygen atoms in total. The third-order valence-corrected chi connectivity index (χ3v) is 5.81. The van der Waals surface area contributed by atoms with Crippen LogP contribution in [0.4, 0.5) is 5.69 Å². The molecule has 7 heteroatoms. The van der Waals surface area contributed by atoms with Gasteiger partial charge in [-0.3, -0.25) is 9.32 Å². The molecule has 3 aromatic rings. The number of amides is 1. The number of hydrogen-bond acceptors (Lipinski definition) is 4. The van der Waals surface area contributed by atoms with Gasteiger partial charge in [0.1, 0.15) is 0 Å². The number of hydrogen-bond donors (Lipinski definition) is 2. The molecule has 1 unspecified atom stereocenters. The number of H-pyrrole nitrogens is 1. The zero-order valence-electron chi connectivity index (χ0n) is 15.5. The molecule has 140 valence electrons. The Morgan fingerprint density at radius 3 is 2.63 bits per heavy atom. The molecule has 2 N–H and O–H groups in total. The van der Waals surface area contributed by atoms with Gasteiger partial charge in [-0.05, 0) is 59.2 Å². The van der Waals surface area contributed by atoms with E-state index in [1.807, 2.05) is 69.3 Å². The Morgan fingerprint density at radius 2 is 1.93 bits per heavy atom. The van der Waals surface area contributed by atoms with Crippen LogP contribution in [-0.2, 0) is 4.79 Å². The maximum atomic E-state index is 12.8. The molecule has 0 aliphatic carbocycles. The van der Waals surface area contributed by atoms with Crippen LogP contribution in [0, 0.1) is 13.8 Å². The highest BCUT2D eigenvalue weighted by Gasteiger charge is 2.30. The van der Waals surface area contributed by atoms with Gasteiger partial charge in [-0.25, -0.2) is 4.79 Å². The summed E-state index contributed by atoms with van der Waals surface area (Å²) in [5, 5.41) is 5.49. The van der Waals surface area contributed by atoms with Crippen LogP contribution in [0.1, 0.15) is 24.5 Å². The van der Waals surface area contributed by atoms with E-state index in [0.717, 1.165) is 22.5 Å². The number of thioether (sulfide) groups is 1. The van der Waals surface area contributed by atoms with Crippen molar-refractivity contribution in [2.75, 3.05) is 5.32 Å². The SMILES string of the molecule is CCC(Sc1c(=O)o[nH][n+]1-c1ccccc1)C(=O)Nc1cccc(C)c1C. The van der Waals surface area contributed by atoms with Crippen LogP contribution in [-0.4, -0.2) is 16.4 Å². The molecule has 1 aromatic heterocycles. The molecule has 0 spiro atoms. The fraction of sp³-hybridized carbons (Fsp3) is 0.250. The Morgan fingerprint density at radius 1 is 1.19 bits per heavy atom. The minimum absolute atomic E-state index is 0.142. The lowest BCUT2D eigenvalue weighted by molar-refractivity contribution is -0.704. The summed E-state index contributed by atoms with van der Waals surface area (Å²) < 4.78 is 6.51. The molecule has 0 aliphatic heterocycles. The summed E-state index contributed by atoms with van der Waals surface area (Å²) >= 11 is 1.19. The first-order valence-corrected chi connectivity index (χ1v) is 9.62. The molecule has 3 rings (SSSR count). The number of para-hydroxylation sites is 1. The minimum Gasteiger partial charge on any atom is -0.325 e. The number of nitrogens with one attached hydrogen (secondary N) is 2. The molecule has 1 atom stereocenters. The predicted octanol–water partition coefficient (Wildman–Crippen LogP) is 3.37. The van der Waals surface area contributed by atoms with E-state index in [1.54, 1.807) is 4.68 Å². The molecular weight excluding hydrogens is 362 g/mol. The molecule has 0 saturated carbocycles. The van der Waals surface area contributed by atoms with Crippen molar-refractivity contribution in [2.24, 2.45) is 0 Å². The van der Waals surface area contributed by atoms with E-state index in [2.05, 4.69) is 10.6 Å². The summed E-state index contributed by atoms with van der Waals surface area (Å²) in [6.45, 7) is 5.90. The van der Waals surface area contributed by atoms with E-state index >= 15 is 0 Å². The number of aryl methyl sites for hydroxylation is 1. The Bertz CT molecular complexity index is 995. The summed E-state index contributed by atoms with van der Waals surface area (Å²) in [6.07, 6.45) is 0.570. The van der Waals surface area contributed by atoms with Gasteiger partial charge in [0.25, 0.3) is 0 Å². The average molecular weight is 384 g/mol. The quantitative estimate of drug-likeness (QED) is 0.504. The van der Waals surface area contributed by atoms with Gasteiger partial charge >= 0.3 is 10.7 Å². The normalized spacial score (nSPS) is 12.0. The van der Waals surface area contributed by atoms with Gasteiger partial charge in [0.2, 0.25) is 11.6 Å². The molecule has 2 aromatic carbocycles. The first-order chi connectivity index (χ1) is 13.0. The highest BCUT2D eigenvalue weighted by Crippen LogP contribution is 2.24. The first-order valence-electron chi connectivity index (χ1n) is 8.74. The van der Waals surface area contributed by atoms with Gasteiger partial charge in [0.05, 0.1) is 5.25 Å². The van der Waals surface area contributed by atoms with Crippen molar-refractivity contribution in [3.63, 3.8) is 0 Å². The summed E-state index contributed by atoms with van der Waals surface area (Å²) in [7, 11) is 0. The molecule has 1 heterocycles. The molecule has 0 radical (unpaired) electrons. The second-order valence-corrected chi connectivity index (χ2v) is 7.40. The number of nitrogens with zero attached hydrogens (tertiary/aromatic N) is 1. The van der Waals surface area contributed by atoms with E-state index in [1.165, 1.54) is 11.8 Å². The van der Waals surface area contributed by atoms with Gasteiger partial charge in [-0.1, -0.05) is 37.3 Å². The number of carbonyl (C=O) groups excluding carboxylic acids is 1. The van der Waals surface area contributed by atoms with Crippen molar-refractivity contribution in [3.8, 4) is 5.69 Å². The number of aromatic nitrogens is 2. The maximum Gasteiger partial charge on any atom is 0.442 e. The van der Waals surface area contributed by atoms with E-state index in [0.29, 0.717) is 11.4 Å². The average Bonchev–Trinajstić information content (AvgIpc) is 3.04. The molecular formula is C20H22N3O3S+. The van der Waals surface area contributed by atoms with E-state index in [9.17, 15) is 9.59 Å². The number of carbonyl (C=O) groups is 1. The van der Waals surface area contributed by atoms with E-state index in [4.69, 9.17) is 4.52 Å². The largest absolute Gasteiger partial charge is 0.442 e. The van der Waals surface area contributed by atoms with Crippen LogP contribution in [0.15, 0.2) is 62.9 Å². The van der Waals surface area contributed by atoms with Crippen LogP contribution in [0.25, 0.3) is 5.69 Å². The van der Waals surface area contributed by atoms with Crippen LogP contribution in [0.3, 0.4) is 0 Å². The molecule has 27 heavy (non-hydrogen) atoms. The highest BCUT2D eigenvalue weighted by molar-refractivity contribution is 8.00. The topological polar surface area (TPSA) is 79.0 Å². The van der Waals surface area contributed by atoms with Gasteiger partial charge < -0.3 is 5.32 Å². The molecule has 1 amide bonds. The third-order valence-electron chi connectivity index (χ3n) is 4.40. The molecule has 0 fully saturated rings. The second kappa shape index (κ2) is 8.26. The Kier molecular flexibility index (Phi) is 5.81. The van der Waals surface area contributed by atoms with Crippen molar-refractivity contribution in [2.45, 2.75) is 37.5 Å². The standard InChI is InChI=1S/C20H21N3O3S/c1-4-17(18(24)21-16-12-8-9-13(2)14(16)3)27-19-20(25)26-22-23(19)15-10-6-5-7-11-15/h5-12,17H,4H2,1-3H3,(H-,21,22,24,25)/p+1. The van der Waals surface area contributed by atoms with Gasteiger partial charge in [0, 0.05) is 17.8 Å². The summed E-state index contributed by atoms with van der Waals surface area (Å²) in [6, 6.07) is 15.1. The lowest BCUT2D eigenvalue weighted by Crippen LogP contribution is -2.37. The summed E-state index contributed by atoms with van der Waals surface area (Å²) in [5.74, 6) is -0.142. The second-order valence-electron chi connectivity index (χ2n) is 6.21. The van der Waals surface area contributed by atoms with Crippen LogP contribution in [0.2, 0.25) is 0 Å². The van der Waals surface area contributed by atoms with Crippen molar-refractivity contribution in [1.82, 2.24) is 5.27 Å². The van der Waals surface area contributed by atoms with Crippen molar-refractivity contribution in [3.05, 3.63) is 70.1 Å². The highest BCUT2D eigenvalue weighted by atomic mass is 32.2. The fourth-order valence-electron chi connectivity index (χ4n) is 2.67. The summed E-state index contributed by atoms with van der Waals surface area (Å²) in [5.41, 5.74) is 3.20. The third kappa shape index (κ3) is 4.14. The van der Waals surface area contributed by atoms with Gasteiger partial charge in [0.15, 0.2) is 0 Å². The Hall–Kier alpha value is -2.80. The van der Waals surface area contributed by atoms with Crippen molar-refractivity contribution in [1.29, 1.82) is 0 Å². The predicted molar refractivity (Wildman–Crippen MR) is 105 cm³/mol. The first kappa shape index (κ1) is 19.0. The van der Waals surface area contributed by atoms with Crippen molar-refractivity contribution >= 4 is 23.4 Å².